The fourth-order valence-electron chi connectivity index (χ4n) is 2.08. The molecule has 1 aliphatic rings. The number of nitrogens with one attached hydrogen (secondary N) is 1. The first-order valence-electron chi connectivity index (χ1n) is 6.56. The van der Waals surface area contributed by atoms with Crippen LogP contribution in [0.15, 0.2) is 16.7 Å². The summed E-state index contributed by atoms with van der Waals surface area (Å²) in [6.07, 6.45) is 1.57. The van der Waals surface area contributed by atoms with Crippen molar-refractivity contribution in [3.8, 4) is 0 Å². The summed E-state index contributed by atoms with van der Waals surface area (Å²) in [5, 5.41) is 3.11. The molecule has 0 aliphatic carbocycles. The molecule has 1 saturated heterocycles. The van der Waals surface area contributed by atoms with Crippen molar-refractivity contribution in [2.24, 2.45) is 0 Å². The predicted octanol–water partition coefficient (Wildman–Crippen LogP) is 1.47. The van der Waals surface area contributed by atoms with Crippen LogP contribution in [0.1, 0.15) is 10.4 Å². The topological polar surface area (TPSA) is 48.5 Å². The summed E-state index contributed by atoms with van der Waals surface area (Å²) in [5.74, 6) is -0.182. The maximum absolute atomic E-state index is 12.0. The van der Waals surface area contributed by atoms with Crippen molar-refractivity contribution >= 4 is 33.4 Å². The Bertz CT molecular complexity index is 477. The van der Waals surface area contributed by atoms with E-state index in [0.29, 0.717) is 12.1 Å². The van der Waals surface area contributed by atoms with Crippen molar-refractivity contribution in [1.29, 1.82) is 0 Å². The van der Waals surface area contributed by atoms with E-state index in [4.69, 9.17) is 11.6 Å². The minimum Gasteiger partial charge on any atom is -0.351 e. The number of hydrogen-bond donors (Lipinski definition) is 1. The summed E-state index contributed by atoms with van der Waals surface area (Å²) in [5.41, 5.74) is 0.402. The second-order valence-corrected chi connectivity index (χ2v) is 6.17. The summed E-state index contributed by atoms with van der Waals surface area (Å²) < 4.78 is 0.742. The number of carbonyl (C=O) groups excluding carboxylic acids is 1. The third-order valence-electron chi connectivity index (χ3n) is 3.36. The maximum atomic E-state index is 12.0. The van der Waals surface area contributed by atoms with Gasteiger partial charge in [0.1, 0.15) is 5.15 Å². The molecule has 1 aliphatic heterocycles. The third kappa shape index (κ3) is 4.41. The first-order valence-corrected chi connectivity index (χ1v) is 7.73. The van der Waals surface area contributed by atoms with Gasteiger partial charge in [-0.2, -0.15) is 0 Å². The molecule has 0 bridgehead atoms. The van der Waals surface area contributed by atoms with Crippen LogP contribution in [0.4, 0.5) is 0 Å². The Kier molecular flexibility index (Phi) is 5.77. The largest absolute Gasteiger partial charge is 0.351 e. The van der Waals surface area contributed by atoms with Gasteiger partial charge in [0.05, 0.1) is 5.56 Å². The maximum Gasteiger partial charge on any atom is 0.254 e. The van der Waals surface area contributed by atoms with Crippen molar-refractivity contribution in [2.45, 2.75) is 0 Å². The average molecular weight is 362 g/mol. The van der Waals surface area contributed by atoms with Gasteiger partial charge in [-0.3, -0.25) is 9.69 Å². The van der Waals surface area contributed by atoms with Crippen LogP contribution in [0.3, 0.4) is 0 Å². The lowest BCUT2D eigenvalue weighted by molar-refractivity contribution is 0.0941. The molecule has 0 aromatic carbocycles. The molecule has 110 valence electrons. The Labute approximate surface area is 132 Å². The number of piperazine rings is 1. The average Bonchev–Trinajstić information content (AvgIpc) is 2.43. The van der Waals surface area contributed by atoms with Crippen molar-refractivity contribution in [3.05, 3.63) is 27.5 Å². The normalized spacial score (nSPS) is 17.1. The van der Waals surface area contributed by atoms with Crippen molar-refractivity contribution in [1.82, 2.24) is 20.1 Å². The number of hydrogen-bond acceptors (Lipinski definition) is 4. The molecular formula is C13H18BrClN4O. The van der Waals surface area contributed by atoms with Crippen LogP contribution in [-0.2, 0) is 0 Å². The zero-order valence-corrected chi connectivity index (χ0v) is 13.7. The molecular weight excluding hydrogens is 344 g/mol. The molecule has 5 nitrogen and oxygen atoms in total. The van der Waals surface area contributed by atoms with Gasteiger partial charge in [-0.25, -0.2) is 4.98 Å². The van der Waals surface area contributed by atoms with Crippen LogP contribution in [-0.4, -0.2) is 67.0 Å². The van der Waals surface area contributed by atoms with Crippen LogP contribution in [0.5, 0.6) is 0 Å². The van der Waals surface area contributed by atoms with Gasteiger partial charge in [0.15, 0.2) is 0 Å². The zero-order valence-electron chi connectivity index (χ0n) is 11.4. The molecule has 0 radical (unpaired) electrons. The van der Waals surface area contributed by atoms with Crippen molar-refractivity contribution in [2.75, 3.05) is 46.3 Å². The van der Waals surface area contributed by atoms with Crippen LogP contribution >= 0.6 is 27.5 Å². The highest BCUT2D eigenvalue weighted by Gasteiger charge is 2.15. The number of carbonyl (C=O) groups is 1. The van der Waals surface area contributed by atoms with Crippen LogP contribution < -0.4 is 5.32 Å². The molecule has 2 heterocycles. The highest BCUT2D eigenvalue weighted by atomic mass is 79.9. The number of likely N-dealkylation sites (N-methyl/N-ethyl adjacent to an activating group) is 1. The zero-order chi connectivity index (χ0) is 14.5. The van der Waals surface area contributed by atoms with Crippen LogP contribution in [0.2, 0.25) is 5.15 Å². The highest BCUT2D eigenvalue weighted by molar-refractivity contribution is 9.10. The van der Waals surface area contributed by atoms with Gasteiger partial charge in [-0.1, -0.05) is 11.6 Å². The van der Waals surface area contributed by atoms with E-state index < -0.39 is 0 Å². The lowest BCUT2D eigenvalue weighted by atomic mass is 10.2. The SMILES string of the molecule is CN1CCN(CCNC(=O)c2cc(Br)cnc2Cl)CC1. The molecule has 1 aromatic rings. The quantitative estimate of drug-likeness (QED) is 0.825. The Balaban J connectivity index is 1.79. The molecule has 0 unspecified atom stereocenters. The summed E-state index contributed by atoms with van der Waals surface area (Å²) >= 11 is 9.21. The monoisotopic (exact) mass is 360 g/mol. The minimum atomic E-state index is -0.182. The molecule has 0 spiro atoms. The van der Waals surface area contributed by atoms with Gasteiger partial charge in [0.2, 0.25) is 0 Å². The Morgan fingerprint density at radius 3 is 2.85 bits per heavy atom. The van der Waals surface area contributed by atoms with E-state index in [0.717, 1.165) is 37.2 Å². The lowest BCUT2D eigenvalue weighted by Crippen LogP contribution is -2.46. The van der Waals surface area contributed by atoms with E-state index in [9.17, 15) is 4.79 Å². The second kappa shape index (κ2) is 7.36. The number of halogens is 2. The summed E-state index contributed by atoms with van der Waals surface area (Å²) in [6, 6.07) is 1.68. The number of pyridine rings is 1. The Morgan fingerprint density at radius 2 is 2.15 bits per heavy atom. The number of nitrogens with zero attached hydrogens (tertiary/aromatic N) is 3. The fourth-order valence-corrected chi connectivity index (χ4v) is 2.60. The molecule has 0 saturated carbocycles. The molecule has 1 N–H and O–H groups in total. The Morgan fingerprint density at radius 1 is 1.45 bits per heavy atom. The number of aromatic nitrogens is 1. The molecule has 1 amide bonds. The smallest absolute Gasteiger partial charge is 0.254 e. The van der Waals surface area contributed by atoms with Crippen molar-refractivity contribution < 1.29 is 4.79 Å². The molecule has 20 heavy (non-hydrogen) atoms. The molecule has 2 rings (SSSR count). The Hall–Kier alpha value is -0.690. The molecule has 0 atom stereocenters. The first kappa shape index (κ1) is 15.7. The van der Waals surface area contributed by atoms with E-state index in [1.54, 1.807) is 12.3 Å². The predicted molar refractivity (Wildman–Crippen MR) is 83.2 cm³/mol. The first-order chi connectivity index (χ1) is 9.56. The number of rotatable bonds is 4. The van der Waals surface area contributed by atoms with Crippen LogP contribution in [0.25, 0.3) is 0 Å². The molecule has 7 heteroatoms. The summed E-state index contributed by atoms with van der Waals surface area (Å²) in [4.78, 5) is 20.6. The van der Waals surface area contributed by atoms with Gasteiger partial charge >= 0.3 is 0 Å². The van der Waals surface area contributed by atoms with E-state index in [2.05, 4.69) is 43.1 Å². The van der Waals surface area contributed by atoms with E-state index >= 15 is 0 Å². The van der Waals surface area contributed by atoms with Gasteiger partial charge < -0.3 is 10.2 Å². The number of amides is 1. The highest BCUT2D eigenvalue weighted by Crippen LogP contribution is 2.17. The van der Waals surface area contributed by atoms with Gasteiger partial charge in [-0.05, 0) is 29.0 Å². The third-order valence-corrected chi connectivity index (χ3v) is 4.09. The lowest BCUT2D eigenvalue weighted by Gasteiger charge is -2.32. The summed E-state index contributed by atoms with van der Waals surface area (Å²) in [6.45, 7) is 5.73. The molecule has 1 aromatic heterocycles. The van der Waals surface area contributed by atoms with Gasteiger partial charge in [0.25, 0.3) is 5.91 Å². The van der Waals surface area contributed by atoms with E-state index in [1.807, 2.05) is 0 Å². The molecule has 1 fully saturated rings. The summed E-state index contributed by atoms with van der Waals surface area (Å²) in [7, 11) is 2.13. The van der Waals surface area contributed by atoms with Gasteiger partial charge in [0, 0.05) is 49.9 Å². The van der Waals surface area contributed by atoms with E-state index in [-0.39, 0.29) is 11.1 Å². The standard InChI is InChI=1S/C13H18BrClN4O/c1-18-4-6-19(7-5-18)3-2-16-13(20)11-8-10(14)9-17-12(11)15/h8-9H,2-7H2,1H3,(H,16,20). The second-order valence-electron chi connectivity index (χ2n) is 4.89. The van der Waals surface area contributed by atoms with Crippen LogP contribution in [0, 0.1) is 0 Å². The fraction of sp³-hybridized carbons (Fsp3) is 0.538. The van der Waals surface area contributed by atoms with E-state index in [1.165, 1.54) is 0 Å². The van der Waals surface area contributed by atoms with Gasteiger partial charge in [-0.15, -0.1) is 0 Å². The van der Waals surface area contributed by atoms with Crippen molar-refractivity contribution in [3.63, 3.8) is 0 Å². The minimum absolute atomic E-state index is 0.182.